The van der Waals surface area contributed by atoms with Crippen molar-refractivity contribution in [1.82, 2.24) is 4.98 Å². The molecule has 1 aliphatic carbocycles. The molecule has 1 aromatic carbocycles. The number of rotatable bonds is 2. The fourth-order valence-corrected chi connectivity index (χ4v) is 2.81. The van der Waals surface area contributed by atoms with Gasteiger partial charge >= 0.3 is 0 Å². The van der Waals surface area contributed by atoms with E-state index in [0.717, 1.165) is 10.6 Å². The molecule has 1 nitrogen and oxygen atoms in total. The third kappa shape index (κ3) is 1.97. The average molecular weight is 270 g/mol. The smallest absolute Gasteiger partial charge is 0.123 e. The van der Waals surface area contributed by atoms with E-state index in [1.165, 1.54) is 18.5 Å². The number of nitrogens with zero attached hydrogens (tertiary/aromatic N) is 1. The van der Waals surface area contributed by atoms with Crippen LogP contribution in [0.25, 0.3) is 10.6 Å². The predicted octanol–water partition coefficient (Wildman–Crippen LogP) is 4.99. The second kappa shape index (κ2) is 4.02. The van der Waals surface area contributed by atoms with E-state index in [4.69, 9.17) is 23.2 Å². The van der Waals surface area contributed by atoms with E-state index in [2.05, 4.69) is 10.4 Å². The van der Waals surface area contributed by atoms with Gasteiger partial charge in [-0.3, -0.25) is 0 Å². The Bertz CT molecular complexity index is 532. The Hall–Kier alpha value is -0.570. The zero-order valence-electron chi connectivity index (χ0n) is 8.41. The topological polar surface area (TPSA) is 12.9 Å². The molecule has 0 atom stereocenters. The molecule has 0 unspecified atom stereocenters. The van der Waals surface area contributed by atoms with Gasteiger partial charge in [-0.1, -0.05) is 29.3 Å². The Kier molecular flexibility index (Phi) is 2.66. The molecule has 3 rings (SSSR count). The van der Waals surface area contributed by atoms with Crippen molar-refractivity contribution in [3.8, 4) is 10.6 Å². The maximum atomic E-state index is 5.99. The van der Waals surface area contributed by atoms with Gasteiger partial charge in [-0.2, -0.15) is 0 Å². The molecular weight excluding hydrogens is 261 g/mol. The van der Waals surface area contributed by atoms with Crippen molar-refractivity contribution in [1.29, 1.82) is 0 Å². The highest BCUT2D eigenvalue weighted by Crippen LogP contribution is 2.41. The van der Waals surface area contributed by atoms with Gasteiger partial charge in [0, 0.05) is 16.9 Å². The minimum atomic E-state index is 0.585. The SMILES string of the molecule is Clc1ccc(-c2nc(C3CC3)cs2)cc1Cl. The third-order valence-electron chi connectivity index (χ3n) is 2.68. The molecule has 1 heterocycles. The van der Waals surface area contributed by atoms with Gasteiger partial charge < -0.3 is 0 Å². The highest BCUT2D eigenvalue weighted by atomic mass is 35.5. The molecule has 0 saturated heterocycles. The van der Waals surface area contributed by atoms with Crippen molar-refractivity contribution < 1.29 is 0 Å². The second-order valence-corrected chi connectivity index (χ2v) is 5.65. The largest absolute Gasteiger partial charge is 0.241 e. The molecule has 0 aliphatic heterocycles. The monoisotopic (exact) mass is 269 g/mol. The molecule has 2 aromatic rings. The first-order chi connectivity index (χ1) is 7.74. The number of hydrogen-bond acceptors (Lipinski definition) is 2. The quantitative estimate of drug-likeness (QED) is 0.748. The molecule has 0 radical (unpaired) electrons. The van der Waals surface area contributed by atoms with E-state index in [-0.39, 0.29) is 0 Å². The van der Waals surface area contributed by atoms with E-state index < -0.39 is 0 Å². The van der Waals surface area contributed by atoms with Crippen LogP contribution >= 0.6 is 34.5 Å². The van der Waals surface area contributed by atoms with Crippen LogP contribution in [-0.4, -0.2) is 4.98 Å². The van der Waals surface area contributed by atoms with E-state index >= 15 is 0 Å². The van der Waals surface area contributed by atoms with Crippen LogP contribution in [-0.2, 0) is 0 Å². The molecule has 16 heavy (non-hydrogen) atoms. The Labute approximate surface area is 108 Å². The Morgan fingerprint density at radius 3 is 2.69 bits per heavy atom. The normalized spacial score (nSPS) is 15.4. The first-order valence-corrected chi connectivity index (χ1v) is 6.78. The summed E-state index contributed by atoms with van der Waals surface area (Å²) in [6.45, 7) is 0. The van der Waals surface area contributed by atoms with Crippen molar-refractivity contribution in [2.75, 3.05) is 0 Å². The lowest BCUT2D eigenvalue weighted by molar-refractivity contribution is 1.05. The summed E-state index contributed by atoms with van der Waals surface area (Å²) in [4.78, 5) is 4.63. The predicted molar refractivity (Wildman–Crippen MR) is 69.5 cm³/mol. The van der Waals surface area contributed by atoms with Crippen LogP contribution in [0.15, 0.2) is 23.6 Å². The fourth-order valence-electron chi connectivity index (χ4n) is 1.61. The summed E-state index contributed by atoms with van der Waals surface area (Å²) in [5.74, 6) is 0.702. The van der Waals surface area contributed by atoms with Crippen LogP contribution in [0.3, 0.4) is 0 Å². The number of halogens is 2. The number of hydrogen-bond donors (Lipinski definition) is 0. The fraction of sp³-hybridized carbons (Fsp3) is 0.250. The number of aromatic nitrogens is 1. The Morgan fingerprint density at radius 2 is 2.00 bits per heavy atom. The summed E-state index contributed by atoms with van der Waals surface area (Å²) in [7, 11) is 0. The van der Waals surface area contributed by atoms with Crippen LogP contribution in [0.1, 0.15) is 24.5 Å². The van der Waals surface area contributed by atoms with Crippen LogP contribution in [0.4, 0.5) is 0 Å². The molecule has 1 saturated carbocycles. The molecule has 0 amide bonds. The van der Waals surface area contributed by atoms with Crippen LogP contribution in [0.5, 0.6) is 0 Å². The maximum absolute atomic E-state index is 5.99. The van der Waals surface area contributed by atoms with E-state index in [9.17, 15) is 0 Å². The van der Waals surface area contributed by atoms with Gasteiger partial charge in [0.25, 0.3) is 0 Å². The number of benzene rings is 1. The highest BCUT2D eigenvalue weighted by Gasteiger charge is 2.26. The molecule has 1 aromatic heterocycles. The van der Waals surface area contributed by atoms with Crippen LogP contribution in [0.2, 0.25) is 10.0 Å². The molecule has 0 spiro atoms. The van der Waals surface area contributed by atoms with Crippen molar-refractivity contribution in [3.63, 3.8) is 0 Å². The van der Waals surface area contributed by atoms with Gasteiger partial charge in [-0.05, 0) is 25.0 Å². The van der Waals surface area contributed by atoms with Gasteiger partial charge in [-0.15, -0.1) is 11.3 Å². The highest BCUT2D eigenvalue weighted by molar-refractivity contribution is 7.13. The molecule has 82 valence electrons. The first kappa shape index (κ1) is 10.6. The van der Waals surface area contributed by atoms with E-state index in [1.807, 2.05) is 18.2 Å². The van der Waals surface area contributed by atoms with Crippen molar-refractivity contribution >= 4 is 34.5 Å². The average Bonchev–Trinajstić information content (AvgIpc) is 3.01. The van der Waals surface area contributed by atoms with Gasteiger partial charge in [0.1, 0.15) is 5.01 Å². The molecule has 0 N–H and O–H groups in total. The van der Waals surface area contributed by atoms with Gasteiger partial charge in [0.05, 0.1) is 15.7 Å². The Morgan fingerprint density at radius 1 is 1.19 bits per heavy atom. The van der Waals surface area contributed by atoms with E-state index in [1.54, 1.807) is 11.3 Å². The summed E-state index contributed by atoms with van der Waals surface area (Å²) < 4.78 is 0. The second-order valence-electron chi connectivity index (χ2n) is 3.98. The van der Waals surface area contributed by atoms with Gasteiger partial charge in [0.15, 0.2) is 0 Å². The summed E-state index contributed by atoms with van der Waals surface area (Å²) in [6, 6.07) is 5.65. The summed E-state index contributed by atoms with van der Waals surface area (Å²) in [6.07, 6.45) is 2.56. The number of thiazole rings is 1. The minimum absolute atomic E-state index is 0.585. The lowest BCUT2D eigenvalue weighted by atomic mass is 10.2. The van der Waals surface area contributed by atoms with E-state index in [0.29, 0.717) is 16.0 Å². The Balaban J connectivity index is 1.97. The first-order valence-electron chi connectivity index (χ1n) is 5.15. The van der Waals surface area contributed by atoms with Crippen molar-refractivity contribution in [2.24, 2.45) is 0 Å². The van der Waals surface area contributed by atoms with Gasteiger partial charge in [-0.25, -0.2) is 4.98 Å². The molecular formula is C12H9Cl2NS. The van der Waals surface area contributed by atoms with Gasteiger partial charge in [0.2, 0.25) is 0 Å². The summed E-state index contributed by atoms with van der Waals surface area (Å²) in [5, 5.41) is 4.35. The standard InChI is InChI=1S/C12H9Cl2NS/c13-9-4-3-8(5-10(9)14)12-15-11(6-16-12)7-1-2-7/h3-7H,1-2H2. The minimum Gasteiger partial charge on any atom is -0.241 e. The lowest BCUT2D eigenvalue weighted by Crippen LogP contribution is -1.80. The zero-order valence-corrected chi connectivity index (χ0v) is 10.7. The van der Waals surface area contributed by atoms with Crippen LogP contribution in [0, 0.1) is 0 Å². The summed E-state index contributed by atoms with van der Waals surface area (Å²) in [5.41, 5.74) is 2.28. The molecule has 1 fully saturated rings. The van der Waals surface area contributed by atoms with Crippen LogP contribution < -0.4 is 0 Å². The van der Waals surface area contributed by atoms with Crippen molar-refractivity contribution in [3.05, 3.63) is 39.3 Å². The molecule has 1 aliphatic rings. The summed E-state index contributed by atoms with van der Waals surface area (Å²) >= 11 is 13.5. The molecule has 4 heteroatoms. The third-order valence-corrected chi connectivity index (χ3v) is 4.33. The maximum Gasteiger partial charge on any atom is 0.123 e. The van der Waals surface area contributed by atoms with Crippen molar-refractivity contribution in [2.45, 2.75) is 18.8 Å². The zero-order chi connectivity index (χ0) is 11.1. The lowest BCUT2D eigenvalue weighted by Gasteiger charge is -1.99. The molecule has 0 bridgehead atoms.